The van der Waals surface area contributed by atoms with Crippen molar-refractivity contribution >= 4 is 29.0 Å². The molecule has 2 aromatic rings. The lowest BCUT2D eigenvalue weighted by Crippen LogP contribution is -2.11. The molecule has 0 bridgehead atoms. The highest BCUT2D eigenvalue weighted by Gasteiger charge is 2.33. The average Bonchev–Trinajstić information content (AvgIpc) is 2.37. The largest absolute Gasteiger partial charge is 0.433 e. The molecule has 0 aromatic carbocycles. The standard InChI is InChI=1S/C12H5Cl2F3N2O/c13-8-5-18-4-3-6(8)10(20)7-1-2-9(12(15,16)17)19-11(7)14/h1-5H. The van der Waals surface area contributed by atoms with Crippen LogP contribution < -0.4 is 0 Å². The van der Waals surface area contributed by atoms with E-state index in [-0.39, 0.29) is 16.1 Å². The van der Waals surface area contributed by atoms with Crippen LogP contribution in [-0.2, 0) is 6.18 Å². The highest BCUT2D eigenvalue weighted by atomic mass is 35.5. The molecule has 0 N–H and O–H groups in total. The summed E-state index contributed by atoms with van der Waals surface area (Å²) in [6.07, 6.45) is -2.04. The van der Waals surface area contributed by atoms with Crippen molar-refractivity contribution in [1.82, 2.24) is 9.97 Å². The molecule has 2 rings (SSSR count). The summed E-state index contributed by atoms with van der Waals surface area (Å²) in [5, 5.41) is -0.453. The first-order valence-electron chi connectivity index (χ1n) is 5.18. The van der Waals surface area contributed by atoms with Crippen LogP contribution in [0.2, 0.25) is 10.2 Å². The number of hydrogen-bond donors (Lipinski definition) is 0. The first-order valence-corrected chi connectivity index (χ1v) is 5.94. The van der Waals surface area contributed by atoms with Crippen LogP contribution in [0, 0.1) is 0 Å². The lowest BCUT2D eigenvalue weighted by atomic mass is 10.1. The normalized spacial score (nSPS) is 11.4. The Kier molecular flexibility index (Phi) is 3.96. The maximum atomic E-state index is 12.5. The van der Waals surface area contributed by atoms with Crippen LogP contribution in [0.25, 0.3) is 0 Å². The molecule has 0 saturated heterocycles. The zero-order valence-corrected chi connectivity index (χ0v) is 11.1. The predicted octanol–water partition coefficient (Wildman–Crippen LogP) is 4.03. The minimum atomic E-state index is -4.63. The van der Waals surface area contributed by atoms with Crippen LogP contribution in [0.3, 0.4) is 0 Å². The molecule has 3 nitrogen and oxygen atoms in total. The van der Waals surface area contributed by atoms with E-state index in [4.69, 9.17) is 23.2 Å². The average molecular weight is 321 g/mol. The molecule has 0 unspecified atom stereocenters. The van der Waals surface area contributed by atoms with Gasteiger partial charge in [-0.2, -0.15) is 13.2 Å². The number of ketones is 1. The Balaban J connectivity index is 2.45. The molecule has 104 valence electrons. The SMILES string of the molecule is O=C(c1ccncc1Cl)c1ccc(C(F)(F)F)nc1Cl. The molecular weight excluding hydrogens is 316 g/mol. The Hall–Kier alpha value is -1.66. The Morgan fingerprint density at radius 2 is 1.80 bits per heavy atom. The first kappa shape index (κ1) is 14.7. The second-order valence-corrected chi connectivity index (χ2v) is 4.48. The summed E-state index contributed by atoms with van der Waals surface area (Å²) >= 11 is 11.4. The van der Waals surface area contributed by atoms with Gasteiger partial charge in [0.25, 0.3) is 0 Å². The van der Waals surface area contributed by atoms with E-state index < -0.39 is 22.8 Å². The Morgan fingerprint density at radius 1 is 1.10 bits per heavy atom. The smallest absolute Gasteiger partial charge is 0.288 e. The topological polar surface area (TPSA) is 42.9 Å². The molecule has 2 aromatic heterocycles. The van der Waals surface area contributed by atoms with Gasteiger partial charge in [-0.3, -0.25) is 9.78 Å². The maximum Gasteiger partial charge on any atom is 0.433 e. The predicted molar refractivity (Wildman–Crippen MR) is 66.9 cm³/mol. The molecule has 0 amide bonds. The van der Waals surface area contributed by atoms with Gasteiger partial charge in [0.15, 0.2) is 5.78 Å². The molecule has 0 radical (unpaired) electrons. The van der Waals surface area contributed by atoms with Gasteiger partial charge in [-0.1, -0.05) is 23.2 Å². The summed E-state index contributed by atoms with van der Waals surface area (Å²) in [5.41, 5.74) is -1.24. The third-order valence-electron chi connectivity index (χ3n) is 2.40. The molecule has 8 heteroatoms. The fourth-order valence-electron chi connectivity index (χ4n) is 1.47. The molecule has 0 fully saturated rings. The Bertz CT molecular complexity index is 674. The van der Waals surface area contributed by atoms with Crippen molar-refractivity contribution in [3.05, 3.63) is 57.6 Å². The molecule has 0 atom stereocenters. The van der Waals surface area contributed by atoms with Crippen LogP contribution in [-0.4, -0.2) is 15.8 Å². The lowest BCUT2D eigenvalue weighted by Gasteiger charge is -2.08. The molecule has 0 aliphatic rings. The Morgan fingerprint density at radius 3 is 2.35 bits per heavy atom. The summed E-state index contributed by atoms with van der Waals surface area (Å²) in [5.74, 6) is -0.622. The van der Waals surface area contributed by atoms with E-state index in [1.165, 1.54) is 18.5 Å². The number of aromatic nitrogens is 2. The van der Waals surface area contributed by atoms with Gasteiger partial charge in [0.2, 0.25) is 0 Å². The molecule has 0 aliphatic carbocycles. The highest BCUT2D eigenvalue weighted by Crippen LogP contribution is 2.30. The monoisotopic (exact) mass is 320 g/mol. The number of carbonyl (C=O) groups is 1. The fourth-order valence-corrected chi connectivity index (χ4v) is 1.91. The number of hydrogen-bond acceptors (Lipinski definition) is 3. The Labute approximate surface area is 121 Å². The molecule has 20 heavy (non-hydrogen) atoms. The van der Waals surface area contributed by atoms with Crippen molar-refractivity contribution in [1.29, 1.82) is 0 Å². The van der Waals surface area contributed by atoms with Gasteiger partial charge in [-0.05, 0) is 18.2 Å². The maximum absolute atomic E-state index is 12.5. The number of carbonyl (C=O) groups excluding carboxylic acids is 1. The van der Waals surface area contributed by atoms with E-state index in [1.807, 2.05) is 0 Å². The number of alkyl halides is 3. The van der Waals surface area contributed by atoms with Crippen molar-refractivity contribution in [3.63, 3.8) is 0 Å². The van der Waals surface area contributed by atoms with Gasteiger partial charge >= 0.3 is 6.18 Å². The third-order valence-corrected chi connectivity index (χ3v) is 2.99. The minimum Gasteiger partial charge on any atom is -0.288 e. The quantitative estimate of drug-likeness (QED) is 0.619. The van der Waals surface area contributed by atoms with Gasteiger partial charge in [0.05, 0.1) is 10.6 Å². The molecule has 2 heterocycles. The fraction of sp³-hybridized carbons (Fsp3) is 0.0833. The molecule has 0 spiro atoms. The number of pyridine rings is 2. The van der Waals surface area contributed by atoms with Gasteiger partial charge in [-0.15, -0.1) is 0 Å². The van der Waals surface area contributed by atoms with E-state index in [0.29, 0.717) is 6.07 Å². The van der Waals surface area contributed by atoms with Crippen LogP contribution >= 0.6 is 23.2 Å². The summed E-state index contributed by atoms with van der Waals surface area (Å²) in [6, 6.07) is 3.00. The summed E-state index contributed by atoms with van der Waals surface area (Å²) in [7, 11) is 0. The van der Waals surface area contributed by atoms with Gasteiger partial charge < -0.3 is 0 Å². The van der Waals surface area contributed by atoms with Crippen molar-refractivity contribution in [2.24, 2.45) is 0 Å². The minimum absolute atomic E-state index is 0.0773. The molecule has 0 saturated carbocycles. The molecule has 0 aliphatic heterocycles. The van der Waals surface area contributed by atoms with Crippen molar-refractivity contribution in [3.8, 4) is 0 Å². The zero-order valence-electron chi connectivity index (χ0n) is 9.58. The number of rotatable bonds is 2. The van der Waals surface area contributed by atoms with Crippen molar-refractivity contribution < 1.29 is 18.0 Å². The van der Waals surface area contributed by atoms with Crippen LogP contribution in [0.5, 0.6) is 0 Å². The van der Waals surface area contributed by atoms with Crippen molar-refractivity contribution in [2.45, 2.75) is 6.18 Å². The van der Waals surface area contributed by atoms with Gasteiger partial charge in [0, 0.05) is 18.0 Å². The highest BCUT2D eigenvalue weighted by molar-refractivity contribution is 6.37. The van der Waals surface area contributed by atoms with Crippen LogP contribution in [0.1, 0.15) is 21.6 Å². The second-order valence-electron chi connectivity index (χ2n) is 3.72. The lowest BCUT2D eigenvalue weighted by molar-refractivity contribution is -0.141. The third kappa shape index (κ3) is 2.91. The van der Waals surface area contributed by atoms with Gasteiger partial charge in [-0.25, -0.2) is 4.98 Å². The van der Waals surface area contributed by atoms with E-state index in [1.54, 1.807) is 0 Å². The number of nitrogens with zero attached hydrogens (tertiary/aromatic N) is 2. The van der Waals surface area contributed by atoms with Gasteiger partial charge in [0.1, 0.15) is 10.8 Å². The van der Waals surface area contributed by atoms with E-state index in [2.05, 4.69) is 9.97 Å². The van der Waals surface area contributed by atoms with E-state index in [0.717, 1.165) is 6.07 Å². The first-order chi connectivity index (χ1) is 9.30. The summed E-state index contributed by atoms with van der Waals surface area (Å²) in [4.78, 5) is 19.0. The van der Waals surface area contributed by atoms with E-state index >= 15 is 0 Å². The number of halogens is 5. The summed E-state index contributed by atoms with van der Waals surface area (Å²) < 4.78 is 37.4. The van der Waals surface area contributed by atoms with E-state index in [9.17, 15) is 18.0 Å². The second kappa shape index (κ2) is 5.38. The van der Waals surface area contributed by atoms with Crippen molar-refractivity contribution in [2.75, 3.05) is 0 Å². The van der Waals surface area contributed by atoms with Crippen LogP contribution in [0.15, 0.2) is 30.6 Å². The summed E-state index contributed by atoms with van der Waals surface area (Å²) in [6.45, 7) is 0. The molecular formula is C12H5Cl2F3N2O. The zero-order chi connectivity index (χ0) is 14.9. The van der Waals surface area contributed by atoms with Crippen LogP contribution in [0.4, 0.5) is 13.2 Å².